The highest BCUT2D eigenvalue weighted by molar-refractivity contribution is 5.91. The first-order valence-electron chi connectivity index (χ1n) is 9.03. The van der Waals surface area contributed by atoms with Crippen LogP contribution in [0.25, 0.3) is 10.8 Å². The van der Waals surface area contributed by atoms with Gasteiger partial charge in [0.05, 0.1) is 7.11 Å². The van der Waals surface area contributed by atoms with Crippen LogP contribution in [0, 0.1) is 0 Å². The summed E-state index contributed by atoms with van der Waals surface area (Å²) in [5.74, 6) is 1.46. The molecule has 29 heavy (non-hydrogen) atoms. The number of nitrogens with one attached hydrogen (secondary N) is 1. The second kappa shape index (κ2) is 8.43. The van der Waals surface area contributed by atoms with E-state index < -0.39 is 0 Å². The fourth-order valence-corrected chi connectivity index (χ4v) is 2.82. The number of hydrogen-bond acceptors (Lipinski definition) is 6. The van der Waals surface area contributed by atoms with Crippen molar-refractivity contribution in [1.29, 1.82) is 0 Å². The molecular weight excluding hydrogens is 370 g/mol. The van der Waals surface area contributed by atoms with Gasteiger partial charge in [-0.25, -0.2) is 4.98 Å². The Morgan fingerprint density at radius 1 is 1.10 bits per heavy atom. The lowest BCUT2D eigenvalue weighted by atomic mass is 10.1. The van der Waals surface area contributed by atoms with Gasteiger partial charge in [-0.05, 0) is 46.7 Å². The maximum atomic E-state index is 12.2. The van der Waals surface area contributed by atoms with Crippen molar-refractivity contribution in [3.05, 3.63) is 84.3 Å². The molecule has 0 radical (unpaired) electrons. The van der Waals surface area contributed by atoms with E-state index in [1.54, 1.807) is 19.5 Å². The number of carbonyl (C=O) groups is 1. The standard InChI is InChI=1S/C22H19N3O4/c1-27-18-6-4-16-5-7-19(10-17(16)9-18)28-14-21-25-20(13-29-21)22(26)24-12-15-3-2-8-23-11-15/h2-11,13H,12,14H2,1H3,(H,24,26). The number of rotatable bonds is 7. The van der Waals surface area contributed by atoms with Crippen LogP contribution in [0.15, 0.2) is 71.6 Å². The van der Waals surface area contributed by atoms with Crippen molar-refractivity contribution in [3.63, 3.8) is 0 Å². The van der Waals surface area contributed by atoms with Crippen molar-refractivity contribution in [2.75, 3.05) is 7.11 Å². The normalized spacial score (nSPS) is 10.7. The number of aromatic nitrogens is 2. The minimum absolute atomic E-state index is 0.116. The lowest BCUT2D eigenvalue weighted by Crippen LogP contribution is -2.23. The number of oxazole rings is 1. The van der Waals surface area contributed by atoms with Crippen molar-refractivity contribution < 1.29 is 18.7 Å². The number of methoxy groups -OCH3 is 1. The van der Waals surface area contributed by atoms with E-state index in [0.717, 1.165) is 22.1 Å². The Kier molecular flexibility index (Phi) is 5.38. The van der Waals surface area contributed by atoms with Gasteiger partial charge in [-0.3, -0.25) is 9.78 Å². The van der Waals surface area contributed by atoms with Gasteiger partial charge in [0, 0.05) is 18.9 Å². The summed E-state index contributed by atoms with van der Waals surface area (Å²) in [5, 5.41) is 4.87. The Labute approximate surface area is 167 Å². The molecule has 4 aromatic rings. The average molecular weight is 389 g/mol. The third-order valence-corrected chi connectivity index (χ3v) is 4.34. The molecule has 1 amide bonds. The van der Waals surface area contributed by atoms with E-state index in [4.69, 9.17) is 13.9 Å². The fourth-order valence-electron chi connectivity index (χ4n) is 2.82. The number of ether oxygens (including phenoxy) is 2. The van der Waals surface area contributed by atoms with Gasteiger partial charge >= 0.3 is 0 Å². The molecule has 0 unspecified atom stereocenters. The van der Waals surface area contributed by atoms with Gasteiger partial charge in [-0.1, -0.05) is 18.2 Å². The van der Waals surface area contributed by atoms with Crippen LogP contribution in [-0.2, 0) is 13.2 Å². The second-order valence-corrected chi connectivity index (χ2v) is 6.33. The molecule has 0 aliphatic heterocycles. The van der Waals surface area contributed by atoms with Gasteiger partial charge in [0.25, 0.3) is 5.91 Å². The number of benzene rings is 2. The molecule has 7 heteroatoms. The summed E-state index contributed by atoms with van der Waals surface area (Å²) in [6.45, 7) is 0.483. The van der Waals surface area contributed by atoms with Crippen LogP contribution in [0.3, 0.4) is 0 Å². The molecule has 2 aromatic heterocycles. The van der Waals surface area contributed by atoms with Crippen LogP contribution in [-0.4, -0.2) is 23.0 Å². The van der Waals surface area contributed by atoms with Crippen molar-refractivity contribution in [3.8, 4) is 11.5 Å². The molecule has 1 N–H and O–H groups in total. The van der Waals surface area contributed by atoms with Crippen LogP contribution >= 0.6 is 0 Å². The summed E-state index contributed by atoms with van der Waals surface area (Å²) in [6, 6.07) is 15.3. The Bertz CT molecular complexity index is 1130. The Morgan fingerprint density at radius 2 is 1.93 bits per heavy atom. The summed E-state index contributed by atoms with van der Waals surface area (Å²) in [7, 11) is 1.63. The zero-order valence-electron chi connectivity index (χ0n) is 15.8. The summed E-state index contributed by atoms with van der Waals surface area (Å²) >= 11 is 0. The number of carbonyl (C=O) groups excluding carboxylic acids is 1. The van der Waals surface area contributed by atoms with E-state index in [1.807, 2.05) is 48.5 Å². The van der Waals surface area contributed by atoms with Crippen molar-refractivity contribution >= 4 is 16.7 Å². The molecule has 0 aliphatic rings. The van der Waals surface area contributed by atoms with Crippen LogP contribution < -0.4 is 14.8 Å². The molecule has 0 saturated heterocycles. The number of fused-ring (bicyclic) bond motifs is 1. The van der Waals surface area contributed by atoms with E-state index in [9.17, 15) is 4.79 Å². The van der Waals surface area contributed by atoms with Crippen molar-refractivity contribution in [2.45, 2.75) is 13.2 Å². The Hall–Kier alpha value is -3.87. The van der Waals surface area contributed by atoms with Gasteiger partial charge in [-0.15, -0.1) is 0 Å². The number of nitrogens with zero attached hydrogens (tertiary/aromatic N) is 2. The van der Waals surface area contributed by atoms with E-state index in [-0.39, 0.29) is 18.2 Å². The van der Waals surface area contributed by atoms with E-state index in [2.05, 4.69) is 15.3 Å². The molecule has 146 valence electrons. The largest absolute Gasteiger partial charge is 0.497 e. The second-order valence-electron chi connectivity index (χ2n) is 6.33. The van der Waals surface area contributed by atoms with Gasteiger partial charge in [0.2, 0.25) is 5.89 Å². The van der Waals surface area contributed by atoms with E-state index >= 15 is 0 Å². The summed E-state index contributed by atoms with van der Waals surface area (Å²) in [4.78, 5) is 20.4. The molecule has 0 atom stereocenters. The molecule has 2 heterocycles. The number of amides is 1. The number of hydrogen-bond donors (Lipinski definition) is 1. The molecule has 0 spiro atoms. The lowest BCUT2D eigenvalue weighted by molar-refractivity contribution is 0.0946. The minimum Gasteiger partial charge on any atom is -0.497 e. The molecular formula is C22H19N3O4. The highest BCUT2D eigenvalue weighted by Gasteiger charge is 2.12. The molecule has 4 rings (SSSR count). The Balaban J connectivity index is 1.36. The molecule has 0 saturated carbocycles. The lowest BCUT2D eigenvalue weighted by Gasteiger charge is -2.06. The van der Waals surface area contributed by atoms with Crippen LogP contribution in [0.4, 0.5) is 0 Å². The zero-order valence-corrected chi connectivity index (χ0v) is 15.8. The van der Waals surface area contributed by atoms with Crippen LogP contribution in [0.5, 0.6) is 11.5 Å². The SMILES string of the molecule is COc1ccc2ccc(OCc3nc(C(=O)NCc4cccnc4)co3)cc2c1. The third kappa shape index (κ3) is 4.52. The molecule has 0 aliphatic carbocycles. The van der Waals surface area contributed by atoms with E-state index in [0.29, 0.717) is 18.2 Å². The summed E-state index contributed by atoms with van der Waals surface area (Å²) in [5.41, 5.74) is 1.11. The summed E-state index contributed by atoms with van der Waals surface area (Å²) in [6.07, 6.45) is 4.70. The predicted molar refractivity (Wildman–Crippen MR) is 107 cm³/mol. The quantitative estimate of drug-likeness (QED) is 0.518. The van der Waals surface area contributed by atoms with Gasteiger partial charge in [0.1, 0.15) is 17.8 Å². The molecule has 2 aromatic carbocycles. The first-order chi connectivity index (χ1) is 14.2. The summed E-state index contributed by atoms with van der Waals surface area (Å²) < 4.78 is 16.4. The van der Waals surface area contributed by atoms with Gasteiger partial charge in [-0.2, -0.15) is 0 Å². The number of pyridine rings is 1. The van der Waals surface area contributed by atoms with Crippen molar-refractivity contribution in [2.24, 2.45) is 0 Å². The maximum Gasteiger partial charge on any atom is 0.273 e. The zero-order chi connectivity index (χ0) is 20.1. The van der Waals surface area contributed by atoms with Crippen LogP contribution in [0.2, 0.25) is 0 Å². The average Bonchev–Trinajstić information content (AvgIpc) is 3.25. The van der Waals surface area contributed by atoms with Crippen LogP contribution in [0.1, 0.15) is 21.9 Å². The molecule has 7 nitrogen and oxygen atoms in total. The molecule has 0 fully saturated rings. The maximum absolute atomic E-state index is 12.2. The fraction of sp³-hybridized carbons (Fsp3) is 0.136. The highest BCUT2D eigenvalue weighted by Crippen LogP contribution is 2.25. The van der Waals surface area contributed by atoms with Gasteiger partial charge < -0.3 is 19.2 Å². The predicted octanol–water partition coefficient (Wildman–Crippen LogP) is 3.74. The van der Waals surface area contributed by atoms with Crippen molar-refractivity contribution in [1.82, 2.24) is 15.3 Å². The monoisotopic (exact) mass is 389 g/mol. The molecule has 0 bridgehead atoms. The first-order valence-corrected chi connectivity index (χ1v) is 9.03. The van der Waals surface area contributed by atoms with E-state index in [1.165, 1.54) is 6.26 Å². The topological polar surface area (TPSA) is 86.5 Å². The first kappa shape index (κ1) is 18.5. The highest BCUT2D eigenvalue weighted by atomic mass is 16.5. The van der Waals surface area contributed by atoms with Gasteiger partial charge in [0.15, 0.2) is 12.3 Å². The third-order valence-electron chi connectivity index (χ3n) is 4.34. The smallest absolute Gasteiger partial charge is 0.273 e. The minimum atomic E-state index is -0.318. The Morgan fingerprint density at radius 3 is 2.72 bits per heavy atom.